The van der Waals surface area contributed by atoms with Gasteiger partial charge in [-0.25, -0.2) is 0 Å². The average Bonchev–Trinajstić information content (AvgIpc) is 2.86. The maximum atomic E-state index is 12.9. The van der Waals surface area contributed by atoms with E-state index in [4.69, 9.17) is 16.3 Å². The largest absolute Gasteiger partial charge is 0.495 e. The topological polar surface area (TPSA) is 58.6 Å². The Morgan fingerprint density at radius 3 is 2.27 bits per heavy atom. The molecule has 26 heavy (non-hydrogen) atoms. The molecule has 0 aliphatic carbocycles. The quantitative estimate of drug-likeness (QED) is 0.809. The molecule has 0 radical (unpaired) electrons. The number of hydrogen-bond acceptors (Lipinski definition) is 4. The number of nitrogens with zero attached hydrogens (tertiary/aromatic N) is 1. The monoisotopic (exact) mass is 370 g/mol. The third-order valence-corrected chi connectivity index (χ3v) is 4.38. The van der Waals surface area contributed by atoms with Crippen molar-refractivity contribution in [1.82, 2.24) is 4.90 Å². The minimum absolute atomic E-state index is 0.232. The lowest BCUT2D eigenvalue weighted by Gasteiger charge is -2.19. The second-order valence-corrected chi connectivity index (χ2v) is 6.59. The van der Waals surface area contributed by atoms with Crippen LogP contribution in [0.3, 0.4) is 0 Å². The highest BCUT2D eigenvalue weighted by atomic mass is 35.5. The molecule has 0 fully saturated rings. The molecule has 0 atom stereocenters. The van der Waals surface area contributed by atoms with Crippen molar-refractivity contribution < 1.29 is 14.3 Å². The van der Waals surface area contributed by atoms with E-state index >= 15 is 0 Å². The summed E-state index contributed by atoms with van der Waals surface area (Å²) in [4.78, 5) is 27.1. The number of benzene rings is 2. The number of amides is 2. The minimum atomic E-state index is -0.360. The van der Waals surface area contributed by atoms with Gasteiger partial charge in [0.2, 0.25) is 0 Å². The molecule has 1 aliphatic rings. The summed E-state index contributed by atoms with van der Waals surface area (Å²) in [5.74, 6) is -0.107. The third kappa shape index (κ3) is 3.18. The lowest BCUT2D eigenvalue weighted by Crippen LogP contribution is -2.38. The first-order valence-electron chi connectivity index (χ1n) is 8.22. The van der Waals surface area contributed by atoms with Crippen molar-refractivity contribution in [1.29, 1.82) is 0 Å². The highest BCUT2D eigenvalue weighted by Gasteiger charge is 2.40. The normalized spacial score (nSPS) is 14.4. The second-order valence-electron chi connectivity index (χ2n) is 6.16. The number of carbonyl (C=O) groups excluding carboxylic acids is 2. The van der Waals surface area contributed by atoms with E-state index in [1.54, 1.807) is 57.4 Å². The zero-order chi connectivity index (χ0) is 18.8. The fourth-order valence-electron chi connectivity index (χ4n) is 2.90. The summed E-state index contributed by atoms with van der Waals surface area (Å²) < 4.78 is 5.34. The smallest absolute Gasteiger partial charge is 0.278 e. The van der Waals surface area contributed by atoms with E-state index in [9.17, 15) is 9.59 Å². The van der Waals surface area contributed by atoms with Crippen LogP contribution in [0.4, 0.5) is 5.69 Å². The standard InChI is InChI=1S/C20H19ClN2O3/c1-12(2)23-19(24)17(13-8-10-14(21)11-9-13)18(20(23)25)22-15-6-4-5-7-16(15)26-3/h4-12,22H,1-3H3. The van der Waals surface area contributed by atoms with Crippen LogP contribution >= 0.6 is 11.6 Å². The Morgan fingerprint density at radius 2 is 1.65 bits per heavy atom. The lowest BCUT2D eigenvalue weighted by molar-refractivity contribution is -0.138. The fourth-order valence-corrected chi connectivity index (χ4v) is 3.02. The van der Waals surface area contributed by atoms with Gasteiger partial charge in [-0.15, -0.1) is 0 Å². The zero-order valence-electron chi connectivity index (χ0n) is 14.7. The SMILES string of the molecule is COc1ccccc1NC1=C(c2ccc(Cl)cc2)C(=O)N(C(C)C)C1=O. The summed E-state index contributed by atoms with van der Waals surface area (Å²) in [6.07, 6.45) is 0. The zero-order valence-corrected chi connectivity index (χ0v) is 15.5. The first-order valence-corrected chi connectivity index (χ1v) is 8.60. The van der Waals surface area contributed by atoms with Gasteiger partial charge in [0.1, 0.15) is 11.4 Å². The molecule has 1 aliphatic heterocycles. The van der Waals surface area contributed by atoms with Crippen LogP contribution < -0.4 is 10.1 Å². The molecule has 1 heterocycles. The molecule has 5 nitrogen and oxygen atoms in total. The lowest BCUT2D eigenvalue weighted by atomic mass is 10.0. The molecule has 0 saturated heterocycles. The highest BCUT2D eigenvalue weighted by Crippen LogP contribution is 2.34. The first kappa shape index (κ1) is 18.0. The average molecular weight is 371 g/mol. The van der Waals surface area contributed by atoms with Crippen LogP contribution in [0.1, 0.15) is 19.4 Å². The van der Waals surface area contributed by atoms with Crippen molar-refractivity contribution in [3.8, 4) is 5.75 Å². The summed E-state index contributed by atoms with van der Waals surface area (Å²) in [5.41, 5.74) is 1.80. The van der Waals surface area contributed by atoms with Gasteiger partial charge in [-0.1, -0.05) is 35.9 Å². The molecule has 0 aromatic heterocycles. The van der Waals surface area contributed by atoms with Gasteiger partial charge in [0, 0.05) is 11.1 Å². The molecule has 2 aromatic carbocycles. The van der Waals surface area contributed by atoms with Crippen LogP contribution in [-0.2, 0) is 9.59 Å². The van der Waals surface area contributed by atoms with Crippen molar-refractivity contribution >= 4 is 34.7 Å². The number of carbonyl (C=O) groups is 2. The van der Waals surface area contributed by atoms with E-state index in [1.807, 2.05) is 12.1 Å². The molecular weight excluding hydrogens is 352 g/mol. The Bertz CT molecular complexity index is 888. The van der Waals surface area contributed by atoms with Gasteiger partial charge in [0.15, 0.2) is 0 Å². The second kappa shape index (κ2) is 7.22. The van der Waals surface area contributed by atoms with E-state index in [0.717, 1.165) is 0 Å². The van der Waals surface area contributed by atoms with Gasteiger partial charge in [0.25, 0.3) is 11.8 Å². The van der Waals surface area contributed by atoms with Crippen LogP contribution in [0.2, 0.25) is 5.02 Å². The van der Waals surface area contributed by atoms with E-state index in [2.05, 4.69) is 5.32 Å². The number of methoxy groups -OCH3 is 1. The number of halogens is 1. The van der Waals surface area contributed by atoms with Gasteiger partial charge < -0.3 is 10.1 Å². The molecular formula is C20H19ClN2O3. The maximum absolute atomic E-state index is 12.9. The third-order valence-electron chi connectivity index (χ3n) is 4.13. The Labute approximate surface area is 157 Å². The molecule has 134 valence electrons. The van der Waals surface area contributed by atoms with Crippen LogP contribution in [0, 0.1) is 0 Å². The van der Waals surface area contributed by atoms with Crippen LogP contribution in [-0.4, -0.2) is 29.9 Å². The number of anilines is 1. The summed E-state index contributed by atoms with van der Waals surface area (Å²) in [6.45, 7) is 3.61. The van der Waals surface area contributed by atoms with Gasteiger partial charge in [0.05, 0.1) is 18.4 Å². The molecule has 0 unspecified atom stereocenters. The van der Waals surface area contributed by atoms with E-state index < -0.39 is 0 Å². The Balaban J connectivity index is 2.12. The van der Waals surface area contributed by atoms with Gasteiger partial charge in [-0.3, -0.25) is 14.5 Å². The maximum Gasteiger partial charge on any atom is 0.278 e. The van der Waals surface area contributed by atoms with Gasteiger partial charge in [-0.05, 0) is 43.7 Å². The van der Waals surface area contributed by atoms with Crippen molar-refractivity contribution in [2.45, 2.75) is 19.9 Å². The summed E-state index contributed by atoms with van der Waals surface area (Å²) in [6, 6.07) is 13.8. The van der Waals surface area contributed by atoms with Crippen LogP contribution in [0.25, 0.3) is 5.57 Å². The number of nitrogens with one attached hydrogen (secondary N) is 1. The molecule has 3 rings (SSSR count). The summed E-state index contributed by atoms with van der Waals surface area (Å²) in [7, 11) is 1.55. The number of ether oxygens (including phenoxy) is 1. The molecule has 2 aromatic rings. The van der Waals surface area contributed by atoms with Crippen molar-refractivity contribution in [3.05, 3.63) is 64.8 Å². The van der Waals surface area contributed by atoms with E-state index in [0.29, 0.717) is 27.6 Å². The van der Waals surface area contributed by atoms with Crippen LogP contribution in [0.5, 0.6) is 5.75 Å². The molecule has 6 heteroatoms. The molecule has 0 bridgehead atoms. The van der Waals surface area contributed by atoms with Crippen molar-refractivity contribution in [2.75, 3.05) is 12.4 Å². The number of hydrogen-bond donors (Lipinski definition) is 1. The van der Waals surface area contributed by atoms with Gasteiger partial charge >= 0.3 is 0 Å². The number of rotatable bonds is 5. The Hall–Kier alpha value is -2.79. The van der Waals surface area contributed by atoms with Crippen molar-refractivity contribution in [3.63, 3.8) is 0 Å². The Morgan fingerprint density at radius 1 is 1.00 bits per heavy atom. The summed E-state index contributed by atoms with van der Waals surface area (Å²) >= 11 is 5.96. The molecule has 1 N–H and O–H groups in total. The van der Waals surface area contributed by atoms with E-state index in [-0.39, 0.29) is 23.6 Å². The first-order chi connectivity index (χ1) is 12.4. The Kier molecular flexibility index (Phi) is 5.00. The predicted octanol–water partition coefficient (Wildman–Crippen LogP) is 3.95. The highest BCUT2D eigenvalue weighted by molar-refractivity contribution is 6.37. The molecule has 2 amide bonds. The van der Waals surface area contributed by atoms with Crippen molar-refractivity contribution in [2.24, 2.45) is 0 Å². The minimum Gasteiger partial charge on any atom is -0.495 e. The van der Waals surface area contributed by atoms with Crippen LogP contribution in [0.15, 0.2) is 54.2 Å². The van der Waals surface area contributed by atoms with Gasteiger partial charge in [-0.2, -0.15) is 0 Å². The fraction of sp³-hybridized carbons (Fsp3) is 0.200. The molecule has 0 spiro atoms. The molecule has 0 saturated carbocycles. The predicted molar refractivity (Wildman–Crippen MR) is 102 cm³/mol. The van der Waals surface area contributed by atoms with E-state index in [1.165, 1.54) is 4.90 Å². The summed E-state index contributed by atoms with van der Waals surface area (Å²) in [5, 5.41) is 3.66. The number of imide groups is 1. The number of para-hydroxylation sites is 2.